The molecule has 0 saturated carbocycles. The van der Waals surface area contributed by atoms with Gasteiger partial charge in [-0.3, -0.25) is 19.5 Å². The minimum atomic E-state index is -4.87. The maximum Gasteiger partial charge on any atom is 0.412 e. The van der Waals surface area contributed by atoms with Crippen molar-refractivity contribution in [3.05, 3.63) is 84.3 Å². The molecule has 0 spiro atoms. The van der Waals surface area contributed by atoms with Gasteiger partial charge < -0.3 is 16.0 Å². The standard InChI is InChI=1S/C25H23F3N6O3/c1-33(17-7-3-2-4-8-17)23(36)20-18(12-15-9-11-31-19(29)13-15)22(35)34(20)24(37)32-21(25(26,27)28)16-6-5-10-30-14-16/h2-11,13-14,18,20-21H,12H2,1H3,(H2,29,31)(H,32,37)/t18-,20+,21?/m1/s1. The number of nitrogens with zero attached hydrogens (tertiary/aromatic N) is 4. The maximum absolute atomic E-state index is 13.8. The van der Waals surface area contributed by atoms with E-state index in [1.165, 1.54) is 36.5 Å². The van der Waals surface area contributed by atoms with Crippen LogP contribution >= 0.6 is 0 Å². The van der Waals surface area contributed by atoms with Gasteiger partial charge in [0.15, 0.2) is 6.04 Å². The summed E-state index contributed by atoms with van der Waals surface area (Å²) < 4.78 is 41.5. The maximum atomic E-state index is 13.8. The number of carbonyl (C=O) groups excluding carboxylic acids is 3. The Morgan fingerprint density at radius 3 is 2.49 bits per heavy atom. The normalized spacial score (nSPS) is 18.1. The number of rotatable bonds is 6. The molecule has 1 aliphatic rings. The van der Waals surface area contributed by atoms with Gasteiger partial charge in [-0.1, -0.05) is 24.3 Å². The van der Waals surface area contributed by atoms with E-state index in [2.05, 4.69) is 9.97 Å². The topological polar surface area (TPSA) is 122 Å². The summed E-state index contributed by atoms with van der Waals surface area (Å²) >= 11 is 0. The van der Waals surface area contributed by atoms with Crippen LogP contribution in [0.25, 0.3) is 0 Å². The molecule has 2 aromatic heterocycles. The third-order valence-corrected chi connectivity index (χ3v) is 6.07. The summed E-state index contributed by atoms with van der Waals surface area (Å²) in [7, 11) is 1.46. The minimum Gasteiger partial charge on any atom is -0.384 e. The van der Waals surface area contributed by atoms with Gasteiger partial charge in [0.1, 0.15) is 11.9 Å². The number of urea groups is 1. The Bertz CT molecular complexity index is 1290. The highest BCUT2D eigenvalue weighted by atomic mass is 19.4. The largest absolute Gasteiger partial charge is 0.412 e. The molecule has 1 saturated heterocycles. The number of pyridine rings is 2. The molecule has 1 unspecified atom stereocenters. The number of nitrogens with one attached hydrogen (secondary N) is 1. The Labute approximate surface area is 210 Å². The second-order valence-electron chi connectivity index (χ2n) is 8.50. The van der Waals surface area contributed by atoms with Gasteiger partial charge in [-0.25, -0.2) is 9.78 Å². The molecule has 4 amide bonds. The number of amides is 4. The number of aromatic nitrogens is 2. The third-order valence-electron chi connectivity index (χ3n) is 6.07. The van der Waals surface area contributed by atoms with Crippen LogP contribution in [-0.4, -0.2) is 52.0 Å². The lowest BCUT2D eigenvalue weighted by molar-refractivity contribution is -0.162. The van der Waals surface area contributed by atoms with Gasteiger partial charge in [0.2, 0.25) is 5.91 Å². The van der Waals surface area contributed by atoms with E-state index in [1.807, 2.05) is 5.32 Å². The number of likely N-dealkylation sites (tertiary alicyclic amines) is 1. The van der Waals surface area contributed by atoms with Crippen molar-refractivity contribution in [1.82, 2.24) is 20.2 Å². The predicted octanol–water partition coefficient (Wildman–Crippen LogP) is 3.10. The average Bonchev–Trinajstić information content (AvgIpc) is 2.88. The van der Waals surface area contributed by atoms with E-state index in [1.54, 1.807) is 36.4 Å². The molecule has 37 heavy (non-hydrogen) atoms. The van der Waals surface area contributed by atoms with Gasteiger partial charge in [0, 0.05) is 36.9 Å². The fourth-order valence-electron chi connectivity index (χ4n) is 4.20. The van der Waals surface area contributed by atoms with Crippen molar-refractivity contribution < 1.29 is 27.6 Å². The van der Waals surface area contributed by atoms with Gasteiger partial charge in [-0.05, 0) is 42.3 Å². The Morgan fingerprint density at radius 2 is 1.86 bits per heavy atom. The molecular formula is C25H23F3N6O3. The Kier molecular flexibility index (Phi) is 7.09. The molecule has 3 atom stereocenters. The molecule has 0 radical (unpaired) electrons. The fraction of sp³-hybridized carbons (Fsp3) is 0.240. The van der Waals surface area contributed by atoms with Crippen molar-refractivity contribution in [3.8, 4) is 0 Å². The molecule has 12 heteroatoms. The van der Waals surface area contributed by atoms with Crippen LogP contribution in [0.15, 0.2) is 73.2 Å². The van der Waals surface area contributed by atoms with Crippen LogP contribution in [0, 0.1) is 5.92 Å². The average molecular weight is 512 g/mol. The smallest absolute Gasteiger partial charge is 0.384 e. The molecule has 4 rings (SSSR count). The van der Waals surface area contributed by atoms with Crippen molar-refractivity contribution in [2.75, 3.05) is 17.7 Å². The van der Waals surface area contributed by atoms with Crippen molar-refractivity contribution in [2.24, 2.45) is 5.92 Å². The van der Waals surface area contributed by atoms with Crippen molar-refractivity contribution in [3.63, 3.8) is 0 Å². The van der Waals surface area contributed by atoms with Gasteiger partial charge >= 0.3 is 12.2 Å². The van der Waals surface area contributed by atoms with Crippen LogP contribution in [0.2, 0.25) is 0 Å². The van der Waals surface area contributed by atoms with Crippen LogP contribution in [-0.2, 0) is 16.0 Å². The molecule has 1 fully saturated rings. The highest BCUT2D eigenvalue weighted by molar-refractivity contribution is 6.12. The molecule has 0 aliphatic carbocycles. The van der Waals surface area contributed by atoms with Crippen LogP contribution in [0.1, 0.15) is 17.2 Å². The number of hydrogen-bond acceptors (Lipinski definition) is 6. The fourth-order valence-corrected chi connectivity index (χ4v) is 4.20. The number of anilines is 2. The number of likely N-dealkylation sites (N-methyl/N-ethyl adjacent to an activating group) is 1. The van der Waals surface area contributed by atoms with Crippen molar-refractivity contribution in [2.45, 2.75) is 24.7 Å². The number of hydrogen-bond donors (Lipinski definition) is 2. The van der Waals surface area contributed by atoms with Crippen molar-refractivity contribution in [1.29, 1.82) is 0 Å². The van der Waals surface area contributed by atoms with Gasteiger partial charge in [0.05, 0.1) is 5.92 Å². The van der Waals surface area contributed by atoms with Gasteiger partial charge in [-0.15, -0.1) is 0 Å². The zero-order chi connectivity index (χ0) is 26.7. The summed E-state index contributed by atoms with van der Waals surface area (Å²) in [6.45, 7) is 0. The molecular weight excluding hydrogens is 489 g/mol. The molecule has 3 heterocycles. The molecule has 1 aromatic carbocycles. The Morgan fingerprint density at radius 1 is 1.14 bits per heavy atom. The third kappa shape index (κ3) is 5.37. The number of alkyl halides is 3. The highest BCUT2D eigenvalue weighted by Crippen LogP contribution is 2.36. The summed E-state index contributed by atoms with van der Waals surface area (Å²) in [5.41, 5.74) is 6.48. The summed E-state index contributed by atoms with van der Waals surface area (Å²) in [6.07, 6.45) is -1.13. The number of nitrogen functional groups attached to an aromatic ring is 1. The van der Waals surface area contributed by atoms with Gasteiger partial charge in [0.25, 0.3) is 5.91 Å². The predicted molar refractivity (Wildman–Crippen MR) is 128 cm³/mol. The monoisotopic (exact) mass is 512 g/mol. The molecule has 3 aromatic rings. The molecule has 9 nitrogen and oxygen atoms in total. The van der Waals surface area contributed by atoms with Crippen LogP contribution in [0.5, 0.6) is 0 Å². The van der Waals surface area contributed by atoms with E-state index < -0.39 is 42.0 Å². The SMILES string of the molecule is CN(C(=O)[C@@H]1[C@@H](Cc2ccnc(N)c2)C(=O)N1C(=O)NC(c1cccnc1)C(F)(F)F)c1ccccc1. The molecule has 1 aliphatic heterocycles. The molecule has 0 bridgehead atoms. The number of nitrogens with two attached hydrogens (primary N) is 1. The first kappa shape index (κ1) is 25.6. The van der Waals surface area contributed by atoms with E-state index in [4.69, 9.17) is 5.73 Å². The number of carbonyl (C=O) groups is 3. The lowest BCUT2D eigenvalue weighted by Crippen LogP contribution is -2.70. The zero-order valence-electron chi connectivity index (χ0n) is 19.6. The Hall–Kier alpha value is -4.48. The van der Waals surface area contributed by atoms with Crippen LogP contribution in [0.3, 0.4) is 0 Å². The van der Waals surface area contributed by atoms with E-state index in [9.17, 15) is 27.6 Å². The number of benzene rings is 1. The summed E-state index contributed by atoms with van der Waals surface area (Å²) in [5, 5.41) is 1.86. The number of β-lactam (4-membered cyclic amide) rings is 1. The van der Waals surface area contributed by atoms with Gasteiger partial charge in [-0.2, -0.15) is 13.2 Å². The van der Waals surface area contributed by atoms with Crippen LogP contribution in [0.4, 0.5) is 29.5 Å². The van der Waals surface area contributed by atoms with E-state index in [0.29, 0.717) is 16.2 Å². The summed E-state index contributed by atoms with van der Waals surface area (Å²) in [5.74, 6) is -2.20. The van der Waals surface area contributed by atoms with E-state index in [-0.39, 0.29) is 17.8 Å². The van der Waals surface area contributed by atoms with E-state index >= 15 is 0 Å². The number of imide groups is 1. The lowest BCUT2D eigenvalue weighted by atomic mass is 9.81. The number of halogens is 3. The summed E-state index contributed by atoms with van der Waals surface area (Å²) in [4.78, 5) is 49.0. The lowest BCUT2D eigenvalue weighted by Gasteiger charge is -2.46. The zero-order valence-corrected chi connectivity index (χ0v) is 19.6. The second-order valence-corrected chi connectivity index (χ2v) is 8.50. The first-order chi connectivity index (χ1) is 17.6. The summed E-state index contributed by atoms with van der Waals surface area (Å²) in [6, 6.07) is 8.96. The minimum absolute atomic E-state index is 0.0413. The van der Waals surface area contributed by atoms with Crippen molar-refractivity contribution >= 4 is 29.4 Å². The highest BCUT2D eigenvalue weighted by Gasteiger charge is 2.56. The number of para-hydroxylation sites is 1. The quantitative estimate of drug-likeness (QED) is 0.490. The van der Waals surface area contributed by atoms with E-state index in [0.717, 1.165) is 12.3 Å². The first-order valence-electron chi connectivity index (χ1n) is 11.2. The second kappa shape index (κ2) is 10.2. The van der Waals surface area contributed by atoms with Crippen LogP contribution < -0.4 is 16.0 Å². The molecule has 3 N–H and O–H groups in total. The first-order valence-corrected chi connectivity index (χ1v) is 11.2. The Balaban J connectivity index is 1.63. The molecule has 192 valence electrons.